The molecular formula is C30H28N2O2Si2. The van der Waals surface area contributed by atoms with Crippen molar-refractivity contribution >= 4 is 38.3 Å². The van der Waals surface area contributed by atoms with Gasteiger partial charge >= 0.3 is 0 Å². The Hall–Kier alpha value is -3.85. The van der Waals surface area contributed by atoms with Crippen molar-refractivity contribution in [2.75, 3.05) is 0 Å². The molecule has 2 heterocycles. The number of oxazole rings is 2. The molecular weight excluding hydrogens is 477 g/mol. The molecule has 5 rings (SSSR count). The van der Waals surface area contributed by atoms with Crippen LogP contribution in [0.1, 0.15) is 11.1 Å². The first-order valence-corrected chi connectivity index (χ1v) is 19.0. The molecule has 0 bridgehead atoms. The second-order valence-corrected chi connectivity index (χ2v) is 20.4. The summed E-state index contributed by atoms with van der Waals surface area (Å²) in [7, 11) is -3.37. The van der Waals surface area contributed by atoms with Gasteiger partial charge in [0.25, 0.3) is 0 Å². The third-order valence-corrected chi connectivity index (χ3v) is 7.10. The van der Waals surface area contributed by atoms with Crippen LogP contribution in [0.15, 0.2) is 69.5 Å². The maximum Gasteiger partial charge on any atom is 0.227 e. The van der Waals surface area contributed by atoms with E-state index in [9.17, 15) is 0 Å². The quantitative estimate of drug-likeness (QED) is 0.182. The maximum absolute atomic E-state index is 6.41. The van der Waals surface area contributed by atoms with E-state index < -0.39 is 16.1 Å². The van der Waals surface area contributed by atoms with Crippen LogP contribution in [-0.2, 0) is 0 Å². The summed E-state index contributed by atoms with van der Waals surface area (Å²) in [4.78, 5) is 9.85. The summed E-state index contributed by atoms with van der Waals surface area (Å²) in [5.74, 6) is 7.90. The third-order valence-electron chi connectivity index (χ3n) is 5.35. The zero-order valence-corrected chi connectivity index (χ0v) is 23.5. The fraction of sp³-hybridized carbons (Fsp3) is 0.200. The highest BCUT2D eigenvalue weighted by molar-refractivity contribution is 6.84. The van der Waals surface area contributed by atoms with Gasteiger partial charge in [-0.1, -0.05) is 87.5 Å². The van der Waals surface area contributed by atoms with E-state index in [0.717, 1.165) is 11.1 Å². The van der Waals surface area contributed by atoms with Gasteiger partial charge in [-0.2, -0.15) is 0 Å². The van der Waals surface area contributed by atoms with Gasteiger partial charge < -0.3 is 8.83 Å². The van der Waals surface area contributed by atoms with Crippen molar-refractivity contribution in [2.45, 2.75) is 39.3 Å². The molecule has 5 aromatic rings. The summed E-state index contributed by atoms with van der Waals surface area (Å²) < 4.78 is 12.8. The lowest BCUT2D eigenvalue weighted by Gasteiger charge is -2.05. The van der Waals surface area contributed by atoms with Crippen molar-refractivity contribution in [1.29, 1.82) is 0 Å². The monoisotopic (exact) mass is 504 g/mol. The van der Waals surface area contributed by atoms with Gasteiger partial charge in [-0.3, -0.25) is 0 Å². The van der Waals surface area contributed by atoms with E-state index >= 15 is 0 Å². The molecule has 0 aliphatic carbocycles. The second kappa shape index (κ2) is 8.98. The minimum absolute atomic E-state index is 0.536. The van der Waals surface area contributed by atoms with Crippen molar-refractivity contribution in [3.05, 3.63) is 71.8 Å². The molecule has 0 aliphatic rings. The normalized spacial score (nSPS) is 11.7. The SMILES string of the molecule is C[Si](C)(C)C#Cc1c2nc(-c3ccccc3)oc2c(C#C[Si](C)(C)C)c2nc(-c3ccccc3)oc12. The van der Waals surface area contributed by atoms with Crippen molar-refractivity contribution in [3.8, 4) is 45.8 Å². The van der Waals surface area contributed by atoms with Crippen LogP contribution in [0.2, 0.25) is 39.3 Å². The van der Waals surface area contributed by atoms with Crippen LogP contribution >= 0.6 is 0 Å². The number of fused-ring (bicyclic) bond motifs is 2. The van der Waals surface area contributed by atoms with Gasteiger partial charge in [0.1, 0.15) is 27.2 Å². The average Bonchev–Trinajstić information content (AvgIpc) is 3.46. The maximum atomic E-state index is 6.41. The zero-order valence-electron chi connectivity index (χ0n) is 21.5. The van der Waals surface area contributed by atoms with Gasteiger partial charge in [0.15, 0.2) is 11.2 Å². The number of rotatable bonds is 2. The number of hydrogen-bond donors (Lipinski definition) is 0. The molecule has 0 saturated carbocycles. The van der Waals surface area contributed by atoms with Crippen LogP contribution in [0, 0.1) is 22.9 Å². The smallest absolute Gasteiger partial charge is 0.227 e. The highest BCUT2D eigenvalue weighted by Crippen LogP contribution is 2.37. The van der Waals surface area contributed by atoms with E-state index in [-0.39, 0.29) is 0 Å². The Balaban J connectivity index is 1.90. The van der Waals surface area contributed by atoms with E-state index in [1.165, 1.54) is 0 Å². The predicted molar refractivity (Wildman–Crippen MR) is 153 cm³/mol. The molecule has 0 atom stereocenters. The third kappa shape index (κ3) is 4.92. The molecule has 0 saturated heterocycles. The van der Waals surface area contributed by atoms with E-state index in [4.69, 9.17) is 18.8 Å². The molecule has 0 N–H and O–H groups in total. The van der Waals surface area contributed by atoms with Crippen LogP contribution in [0.5, 0.6) is 0 Å². The molecule has 178 valence electrons. The highest BCUT2D eigenvalue weighted by atomic mass is 28.3. The largest absolute Gasteiger partial charge is 0.435 e. The number of nitrogens with zero attached hydrogens (tertiary/aromatic N) is 2. The topological polar surface area (TPSA) is 52.1 Å². The van der Waals surface area contributed by atoms with E-state index in [1.54, 1.807) is 0 Å². The summed E-state index contributed by atoms with van der Waals surface area (Å²) >= 11 is 0. The molecule has 0 spiro atoms. The minimum atomic E-state index is -1.69. The number of benzene rings is 3. The Morgan fingerprint density at radius 3 is 1.25 bits per heavy atom. The van der Waals surface area contributed by atoms with Crippen molar-refractivity contribution < 1.29 is 8.83 Å². The lowest BCUT2D eigenvalue weighted by Crippen LogP contribution is -2.16. The first kappa shape index (κ1) is 23.9. The molecule has 6 heteroatoms. The van der Waals surface area contributed by atoms with Gasteiger partial charge in [0, 0.05) is 11.1 Å². The standard InChI is InChI=1S/C30H28N2O2Si2/c1-35(2,3)19-17-23-25-28(34-29(31-25)21-13-9-7-10-14-21)24(18-20-36(4,5)6)26-27(23)33-30(32-26)22-15-11-8-12-16-22/h7-16H,1-6H3. The van der Waals surface area contributed by atoms with Gasteiger partial charge in [-0.05, 0) is 24.3 Å². The summed E-state index contributed by atoms with van der Waals surface area (Å²) in [5, 5.41) is 0. The minimum Gasteiger partial charge on any atom is -0.435 e. The Morgan fingerprint density at radius 2 is 0.917 bits per heavy atom. The molecule has 0 amide bonds. The molecule has 2 aromatic heterocycles. The molecule has 0 fully saturated rings. The number of hydrogen-bond acceptors (Lipinski definition) is 4. The molecule has 0 aliphatic heterocycles. The van der Waals surface area contributed by atoms with Gasteiger partial charge in [0.2, 0.25) is 11.8 Å². The lowest BCUT2D eigenvalue weighted by molar-refractivity contribution is 0.617. The summed E-state index contributed by atoms with van der Waals surface area (Å²) in [5.41, 5.74) is 12.8. The van der Waals surface area contributed by atoms with Crippen LogP contribution in [0.25, 0.3) is 45.1 Å². The van der Waals surface area contributed by atoms with Crippen LogP contribution in [0.4, 0.5) is 0 Å². The molecule has 3 aromatic carbocycles. The Kier molecular flexibility index (Phi) is 5.96. The van der Waals surface area contributed by atoms with Crippen LogP contribution in [0.3, 0.4) is 0 Å². The van der Waals surface area contributed by atoms with Crippen molar-refractivity contribution in [2.24, 2.45) is 0 Å². The lowest BCUT2D eigenvalue weighted by atomic mass is 10.1. The molecule has 0 unspecified atom stereocenters. The first-order chi connectivity index (χ1) is 17.1. The average molecular weight is 505 g/mol. The van der Waals surface area contributed by atoms with Crippen LogP contribution in [-0.4, -0.2) is 26.1 Å². The van der Waals surface area contributed by atoms with E-state index in [1.807, 2.05) is 60.7 Å². The first-order valence-electron chi connectivity index (χ1n) is 12.0. The van der Waals surface area contributed by atoms with Crippen molar-refractivity contribution in [3.63, 3.8) is 0 Å². The fourth-order valence-electron chi connectivity index (χ4n) is 3.67. The van der Waals surface area contributed by atoms with E-state index in [0.29, 0.717) is 45.1 Å². The van der Waals surface area contributed by atoms with Gasteiger partial charge in [-0.15, -0.1) is 11.1 Å². The second-order valence-electron chi connectivity index (χ2n) is 10.9. The fourth-order valence-corrected chi connectivity index (χ4v) is 4.67. The Morgan fingerprint density at radius 1 is 0.556 bits per heavy atom. The van der Waals surface area contributed by atoms with E-state index in [2.05, 4.69) is 62.2 Å². The number of aromatic nitrogens is 2. The van der Waals surface area contributed by atoms with Gasteiger partial charge in [-0.25, -0.2) is 9.97 Å². The van der Waals surface area contributed by atoms with Crippen LogP contribution < -0.4 is 0 Å². The van der Waals surface area contributed by atoms with Gasteiger partial charge in [0.05, 0.1) is 11.1 Å². The molecule has 4 nitrogen and oxygen atoms in total. The summed E-state index contributed by atoms with van der Waals surface area (Å²) in [6.07, 6.45) is 0. The molecule has 36 heavy (non-hydrogen) atoms. The van der Waals surface area contributed by atoms with Crippen molar-refractivity contribution in [1.82, 2.24) is 9.97 Å². The molecule has 0 radical (unpaired) electrons. The predicted octanol–water partition coefficient (Wildman–Crippen LogP) is 7.76. The summed E-state index contributed by atoms with van der Waals surface area (Å²) in [6.45, 7) is 13.3. The summed E-state index contributed by atoms with van der Waals surface area (Å²) in [6, 6.07) is 19.8. The zero-order chi connectivity index (χ0) is 25.5. The Labute approximate surface area is 213 Å². The highest BCUT2D eigenvalue weighted by Gasteiger charge is 2.25. The Bertz CT molecular complexity index is 1520.